The Kier molecular flexibility index (Phi) is 3.27. The highest BCUT2D eigenvalue weighted by molar-refractivity contribution is 5.74. The Morgan fingerprint density at radius 3 is 3.17 bits per heavy atom. The third-order valence-electron chi connectivity index (χ3n) is 3.67. The molecule has 1 aromatic carbocycles. The monoisotopic (exact) mass is 246 g/mol. The first-order chi connectivity index (χ1) is 8.88. The summed E-state index contributed by atoms with van der Waals surface area (Å²) in [6.07, 6.45) is 2.95. The Balaban J connectivity index is 1.81. The van der Waals surface area contributed by atoms with Gasteiger partial charge in [-0.3, -0.25) is 11.3 Å². The molecule has 2 aromatic rings. The van der Waals surface area contributed by atoms with Crippen molar-refractivity contribution >= 4 is 11.0 Å². The van der Waals surface area contributed by atoms with Crippen LogP contribution in [0.2, 0.25) is 0 Å². The molecule has 0 radical (unpaired) electrons. The zero-order valence-corrected chi connectivity index (χ0v) is 10.2. The van der Waals surface area contributed by atoms with Crippen LogP contribution in [0.5, 0.6) is 0 Å². The third-order valence-corrected chi connectivity index (χ3v) is 3.67. The van der Waals surface area contributed by atoms with Gasteiger partial charge in [0.1, 0.15) is 0 Å². The van der Waals surface area contributed by atoms with Gasteiger partial charge in [0, 0.05) is 25.1 Å². The number of nitrogens with two attached hydrogens (primary N) is 1. The summed E-state index contributed by atoms with van der Waals surface area (Å²) in [5.74, 6) is 6.16. The molecule has 0 saturated carbocycles. The van der Waals surface area contributed by atoms with Crippen molar-refractivity contribution in [3.63, 3.8) is 0 Å². The van der Waals surface area contributed by atoms with Gasteiger partial charge in [-0.15, -0.1) is 0 Å². The molecule has 1 aliphatic heterocycles. The first kappa shape index (κ1) is 11.6. The molecule has 0 amide bonds. The third kappa shape index (κ3) is 2.12. The van der Waals surface area contributed by atoms with Gasteiger partial charge >= 0.3 is 0 Å². The molecule has 2 heterocycles. The number of fused-ring (bicyclic) bond motifs is 1. The number of hydrogen-bond acceptors (Lipinski definition) is 4. The van der Waals surface area contributed by atoms with Crippen LogP contribution in [-0.4, -0.2) is 28.8 Å². The summed E-state index contributed by atoms with van der Waals surface area (Å²) in [5, 5.41) is 0. The zero-order valence-electron chi connectivity index (χ0n) is 10.2. The van der Waals surface area contributed by atoms with Crippen molar-refractivity contribution in [2.24, 2.45) is 11.8 Å². The Hall–Kier alpha value is -1.43. The molecule has 18 heavy (non-hydrogen) atoms. The molecule has 1 fully saturated rings. The van der Waals surface area contributed by atoms with E-state index in [0.29, 0.717) is 5.92 Å². The number of aromatic nitrogens is 2. The van der Waals surface area contributed by atoms with Crippen LogP contribution in [0, 0.1) is 5.92 Å². The number of hydrazine groups is 1. The van der Waals surface area contributed by atoms with E-state index in [9.17, 15) is 0 Å². The lowest BCUT2D eigenvalue weighted by Crippen LogP contribution is -2.44. The first-order valence-corrected chi connectivity index (χ1v) is 6.32. The molecule has 5 nitrogen and oxygen atoms in total. The number of imidazole rings is 1. The van der Waals surface area contributed by atoms with Gasteiger partial charge in [0.2, 0.25) is 0 Å². The summed E-state index contributed by atoms with van der Waals surface area (Å²) in [5.41, 5.74) is 5.09. The second-order valence-corrected chi connectivity index (χ2v) is 4.78. The largest absolute Gasteiger partial charge is 0.381 e. The maximum atomic E-state index is 5.67. The van der Waals surface area contributed by atoms with E-state index in [1.165, 1.54) is 0 Å². The van der Waals surface area contributed by atoms with Crippen LogP contribution in [-0.2, 0) is 11.3 Å². The first-order valence-electron chi connectivity index (χ1n) is 6.32. The summed E-state index contributed by atoms with van der Waals surface area (Å²) < 4.78 is 7.58. The van der Waals surface area contributed by atoms with Crippen LogP contribution in [0.25, 0.3) is 11.0 Å². The minimum absolute atomic E-state index is 0.227. The van der Waals surface area contributed by atoms with Gasteiger partial charge in [0.15, 0.2) is 0 Å². The Bertz CT molecular complexity index is 518. The van der Waals surface area contributed by atoms with E-state index < -0.39 is 0 Å². The standard InChI is InChI=1S/C13H18N4O/c14-16-12(10-5-6-18-8-10)7-17-9-15-11-3-1-2-4-13(11)17/h1-4,9-10,12,16H,5-8,14H2. The van der Waals surface area contributed by atoms with Crippen molar-refractivity contribution < 1.29 is 4.74 Å². The highest BCUT2D eigenvalue weighted by Crippen LogP contribution is 2.19. The van der Waals surface area contributed by atoms with Crippen molar-refractivity contribution in [2.75, 3.05) is 13.2 Å². The van der Waals surface area contributed by atoms with E-state index in [4.69, 9.17) is 10.6 Å². The number of rotatable bonds is 4. The van der Waals surface area contributed by atoms with E-state index in [1.54, 1.807) is 0 Å². The SMILES string of the molecule is NNC(Cn1cnc2ccccc21)C1CCOC1. The van der Waals surface area contributed by atoms with E-state index in [0.717, 1.165) is 37.2 Å². The lowest BCUT2D eigenvalue weighted by atomic mass is 9.99. The van der Waals surface area contributed by atoms with Gasteiger partial charge in [-0.1, -0.05) is 12.1 Å². The van der Waals surface area contributed by atoms with E-state index in [2.05, 4.69) is 21.0 Å². The molecule has 2 unspecified atom stereocenters. The Morgan fingerprint density at radius 2 is 2.39 bits per heavy atom. The summed E-state index contributed by atoms with van der Waals surface area (Å²) in [4.78, 5) is 4.40. The second kappa shape index (κ2) is 5.06. The van der Waals surface area contributed by atoms with Crippen LogP contribution >= 0.6 is 0 Å². The highest BCUT2D eigenvalue weighted by Gasteiger charge is 2.25. The summed E-state index contributed by atoms with van der Waals surface area (Å²) >= 11 is 0. The topological polar surface area (TPSA) is 65.1 Å². The molecule has 1 saturated heterocycles. The second-order valence-electron chi connectivity index (χ2n) is 4.78. The molecular formula is C13H18N4O. The molecule has 96 valence electrons. The fraction of sp³-hybridized carbons (Fsp3) is 0.462. The van der Waals surface area contributed by atoms with Gasteiger partial charge in [-0.05, 0) is 18.6 Å². The fourth-order valence-corrected chi connectivity index (χ4v) is 2.58. The van der Waals surface area contributed by atoms with Crippen LogP contribution < -0.4 is 11.3 Å². The summed E-state index contributed by atoms with van der Waals surface area (Å²) in [7, 11) is 0. The molecular weight excluding hydrogens is 228 g/mol. The normalized spacial score (nSPS) is 21.5. The molecule has 3 rings (SSSR count). The lowest BCUT2D eigenvalue weighted by Gasteiger charge is -2.22. The molecule has 0 spiro atoms. The van der Waals surface area contributed by atoms with Crippen LogP contribution in [0.3, 0.4) is 0 Å². The predicted octanol–water partition coefficient (Wildman–Crippen LogP) is 0.905. The van der Waals surface area contributed by atoms with E-state index in [-0.39, 0.29) is 6.04 Å². The summed E-state index contributed by atoms with van der Waals surface area (Å²) in [6.45, 7) is 2.46. The molecule has 3 N–H and O–H groups in total. The number of hydrogen-bond donors (Lipinski definition) is 2. The molecule has 2 atom stereocenters. The highest BCUT2D eigenvalue weighted by atomic mass is 16.5. The van der Waals surface area contributed by atoms with Crippen molar-refractivity contribution in [3.8, 4) is 0 Å². The van der Waals surface area contributed by atoms with Crippen LogP contribution in [0.4, 0.5) is 0 Å². The van der Waals surface area contributed by atoms with Crippen LogP contribution in [0.1, 0.15) is 6.42 Å². The maximum absolute atomic E-state index is 5.67. The smallest absolute Gasteiger partial charge is 0.0958 e. The quantitative estimate of drug-likeness (QED) is 0.621. The van der Waals surface area contributed by atoms with Gasteiger partial charge in [-0.25, -0.2) is 4.98 Å². The minimum Gasteiger partial charge on any atom is -0.381 e. The van der Waals surface area contributed by atoms with Crippen LogP contribution in [0.15, 0.2) is 30.6 Å². The number of nitrogens with one attached hydrogen (secondary N) is 1. The molecule has 5 heteroatoms. The van der Waals surface area contributed by atoms with Gasteiger partial charge in [-0.2, -0.15) is 0 Å². The van der Waals surface area contributed by atoms with Crippen molar-refractivity contribution in [3.05, 3.63) is 30.6 Å². The lowest BCUT2D eigenvalue weighted by molar-refractivity contribution is 0.174. The van der Waals surface area contributed by atoms with Crippen molar-refractivity contribution in [2.45, 2.75) is 19.0 Å². The molecule has 0 bridgehead atoms. The van der Waals surface area contributed by atoms with Crippen molar-refractivity contribution in [1.82, 2.24) is 15.0 Å². The summed E-state index contributed by atoms with van der Waals surface area (Å²) in [6, 6.07) is 8.37. The predicted molar refractivity (Wildman–Crippen MR) is 69.8 cm³/mol. The van der Waals surface area contributed by atoms with Gasteiger partial charge < -0.3 is 9.30 Å². The minimum atomic E-state index is 0.227. The number of para-hydroxylation sites is 2. The van der Waals surface area contributed by atoms with E-state index >= 15 is 0 Å². The maximum Gasteiger partial charge on any atom is 0.0958 e. The van der Waals surface area contributed by atoms with E-state index in [1.807, 2.05) is 24.5 Å². The fourth-order valence-electron chi connectivity index (χ4n) is 2.58. The van der Waals surface area contributed by atoms with Gasteiger partial charge in [0.25, 0.3) is 0 Å². The number of ether oxygens (including phenoxy) is 1. The van der Waals surface area contributed by atoms with Gasteiger partial charge in [0.05, 0.1) is 24.0 Å². The molecule has 0 aliphatic carbocycles. The Morgan fingerprint density at radius 1 is 1.50 bits per heavy atom. The number of nitrogens with zero attached hydrogens (tertiary/aromatic N) is 2. The molecule has 1 aromatic heterocycles. The average molecular weight is 246 g/mol. The molecule has 1 aliphatic rings. The Labute approximate surface area is 106 Å². The zero-order chi connectivity index (χ0) is 12.4. The van der Waals surface area contributed by atoms with Crippen molar-refractivity contribution in [1.29, 1.82) is 0 Å². The number of benzene rings is 1. The average Bonchev–Trinajstić information content (AvgIpc) is 3.06.